The van der Waals surface area contributed by atoms with Crippen molar-refractivity contribution >= 4 is 10.9 Å². The van der Waals surface area contributed by atoms with Crippen LogP contribution in [0.4, 0.5) is 0 Å². The van der Waals surface area contributed by atoms with Crippen LogP contribution in [0.25, 0.3) is 22.2 Å². The normalized spacial score (nSPS) is 12.9. The molecule has 2 aromatic carbocycles. The Hall–Kier alpha value is -2.10. The van der Waals surface area contributed by atoms with Gasteiger partial charge in [0.2, 0.25) is 0 Å². The largest absolute Gasteiger partial charge is 0.387 e. The van der Waals surface area contributed by atoms with E-state index in [1.54, 1.807) is 0 Å². The molecule has 0 saturated carbocycles. The molecule has 3 heteroatoms. The van der Waals surface area contributed by atoms with Gasteiger partial charge in [0, 0.05) is 30.2 Å². The fourth-order valence-electron chi connectivity index (χ4n) is 3.38. The molecule has 24 heavy (non-hydrogen) atoms. The summed E-state index contributed by atoms with van der Waals surface area (Å²) in [4.78, 5) is 2.25. The number of fused-ring (bicyclic) bond motifs is 1. The minimum absolute atomic E-state index is 0.473. The molecule has 1 atom stereocenters. The van der Waals surface area contributed by atoms with E-state index < -0.39 is 6.10 Å². The Morgan fingerprint density at radius 2 is 1.71 bits per heavy atom. The number of hydrogen-bond donors (Lipinski definition) is 1. The van der Waals surface area contributed by atoms with Gasteiger partial charge in [0.15, 0.2) is 0 Å². The lowest BCUT2D eigenvalue weighted by Crippen LogP contribution is -2.28. The molecule has 3 rings (SSSR count). The molecule has 0 bridgehead atoms. The van der Waals surface area contributed by atoms with Gasteiger partial charge in [-0.2, -0.15) is 0 Å². The van der Waals surface area contributed by atoms with Crippen molar-refractivity contribution in [1.82, 2.24) is 9.47 Å². The molecule has 3 aromatic rings. The van der Waals surface area contributed by atoms with Crippen molar-refractivity contribution in [2.24, 2.45) is 7.05 Å². The summed E-state index contributed by atoms with van der Waals surface area (Å²) in [6, 6.07) is 18.8. The van der Waals surface area contributed by atoms with E-state index in [1.807, 2.05) is 18.2 Å². The summed E-state index contributed by atoms with van der Waals surface area (Å²) in [6.45, 7) is 6.84. The van der Waals surface area contributed by atoms with Crippen LogP contribution in [0.15, 0.2) is 54.6 Å². The van der Waals surface area contributed by atoms with Crippen LogP contribution in [0.2, 0.25) is 0 Å². The van der Waals surface area contributed by atoms with Crippen LogP contribution in [0, 0.1) is 0 Å². The Labute approximate surface area is 144 Å². The van der Waals surface area contributed by atoms with Crippen LogP contribution in [0.5, 0.6) is 0 Å². The zero-order chi connectivity index (χ0) is 17.1. The van der Waals surface area contributed by atoms with Gasteiger partial charge in [-0.3, -0.25) is 0 Å². The van der Waals surface area contributed by atoms with E-state index in [0.29, 0.717) is 6.54 Å². The summed E-state index contributed by atoms with van der Waals surface area (Å²) in [7, 11) is 2.09. The number of nitrogens with zero attached hydrogens (tertiary/aromatic N) is 2. The molecule has 126 valence electrons. The smallest absolute Gasteiger partial charge is 0.0923 e. The highest BCUT2D eigenvalue weighted by Crippen LogP contribution is 2.32. The summed E-state index contributed by atoms with van der Waals surface area (Å²) in [5.41, 5.74) is 4.54. The molecule has 0 spiro atoms. The summed E-state index contributed by atoms with van der Waals surface area (Å²) in [6.07, 6.45) is -0.473. The Morgan fingerprint density at radius 1 is 1.00 bits per heavy atom. The van der Waals surface area contributed by atoms with Crippen molar-refractivity contribution in [3.63, 3.8) is 0 Å². The Bertz CT molecular complexity index is 803. The maximum absolute atomic E-state index is 10.8. The standard InChI is InChI=1S/C21H26N2O/c1-4-23(5-2)15-21(24)17-12-9-13-19-18(17)14-20(22(19)3)16-10-7-6-8-11-16/h6-14,21,24H,4-5,15H2,1-3H3. The summed E-state index contributed by atoms with van der Waals surface area (Å²) in [5, 5.41) is 11.9. The van der Waals surface area contributed by atoms with Crippen molar-refractivity contribution in [2.75, 3.05) is 19.6 Å². The summed E-state index contributed by atoms with van der Waals surface area (Å²) in [5.74, 6) is 0. The number of aliphatic hydroxyl groups excluding tert-OH is 1. The van der Waals surface area contributed by atoms with E-state index in [0.717, 1.165) is 29.6 Å². The molecule has 3 nitrogen and oxygen atoms in total. The monoisotopic (exact) mass is 322 g/mol. The molecule has 0 aliphatic heterocycles. The molecule has 0 fully saturated rings. The molecule has 1 heterocycles. The maximum Gasteiger partial charge on any atom is 0.0923 e. The van der Waals surface area contributed by atoms with E-state index in [2.05, 4.69) is 66.8 Å². The van der Waals surface area contributed by atoms with Crippen LogP contribution in [0.1, 0.15) is 25.5 Å². The molecule has 0 saturated heterocycles. The van der Waals surface area contributed by atoms with E-state index >= 15 is 0 Å². The van der Waals surface area contributed by atoms with Gasteiger partial charge in [0.1, 0.15) is 0 Å². The van der Waals surface area contributed by atoms with E-state index in [1.165, 1.54) is 11.3 Å². The number of rotatable bonds is 6. The predicted molar refractivity (Wildman–Crippen MR) is 101 cm³/mol. The Kier molecular flexibility index (Phi) is 5.03. The second-order valence-electron chi connectivity index (χ2n) is 6.24. The third kappa shape index (κ3) is 3.10. The third-order valence-corrected chi connectivity index (χ3v) is 4.87. The van der Waals surface area contributed by atoms with Crippen molar-refractivity contribution in [3.8, 4) is 11.3 Å². The van der Waals surface area contributed by atoms with Crippen LogP contribution >= 0.6 is 0 Å². The third-order valence-electron chi connectivity index (χ3n) is 4.87. The number of benzene rings is 2. The van der Waals surface area contributed by atoms with E-state index in [-0.39, 0.29) is 0 Å². The van der Waals surface area contributed by atoms with Gasteiger partial charge in [-0.05, 0) is 36.3 Å². The predicted octanol–water partition coefficient (Wildman–Crippen LogP) is 4.22. The SMILES string of the molecule is CCN(CC)CC(O)c1cccc2c1cc(-c1ccccc1)n2C. The Morgan fingerprint density at radius 3 is 2.38 bits per heavy atom. The zero-order valence-electron chi connectivity index (χ0n) is 14.7. The van der Waals surface area contributed by atoms with Gasteiger partial charge in [-0.1, -0.05) is 56.3 Å². The second kappa shape index (κ2) is 7.20. The van der Waals surface area contributed by atoms with E-state index in [9.17, 15) is 5.11 Å². The van der Waals surface area contributed by atoms with Crippen LogP contribution in [-0.2, 0) is 7.05 Å². The molecule has 0 aliphatic rings. The first-order valence-electron chi connectivity index (χ1n) is 8.69. The van der Waals surface area contributed by atoms with Crippen LogP contribution in [0.3, 0.4) is 0 Å². The zero-order valence-corrected chi connectivity index (χ0v) is 14.7. The topological polar surface area (TPSA) is 28.4 Å². The first kappa shape index (κ1) is 16.7. The summed E-state index contributed by atoms with van der Waals surface area (Å²) >= 11 is 0. The maximum atomic E-state index is 10.8. The fraction of sp³-hybridized carbons (Fsp3) is 0.333. The minimum atomic E-state index is -0.473. The van der Waals surface area contributed by atoms with Gasteiger partial charge in [-0.15, -0.1) is 0 Å². The molecule has 1 N–H and O–H groups in total. The lowest BCUT2D eigenvalue weighted by Gasteiger charge is -2.22. The molecule has 1 unspecified atom stereocenters. The van der Waals surface area contributed by atoms with Crippen molar-refractivity contribution in [2.45, 2.75) is 20.0 Å². The molecular weight excluding hydrogens is 296 g/mol. The van der Waals surface area contributed by atoms with Gasteiger partial charge < -0.3 is 14.6 Å². The van der Waals surface area contributed by atoms with Crippen LogP contribution < -0.4 is 0 Å². The number of aromatic nitrogens is 1. The van der Waals surface area contributed by atoms with E-state index in [4.69, 9.17) is 0 Å². The quantitative estimate of drug-likeness (QED) is 0.736. The number of likely N-dealkylation sites (N-methyl/N-ethyl adjacent to an activating group) is 1. The fourth-order valence-corrected chi connectivity index (χ4v) is 3.38. The van der Waals surface area contributed by atoms with Gasteiger partial charge in [0.25, 0.3) is 0 Å². The highest BCUT2D eigenvalue weighted by Gasteiger charge is 2.17. The average Bonchev–Trinajstić information content (AvgIpc) is 2.97. The summed E-state index contributed by atoms with van der Waals surface area (Å²) < 4.78 is 2.21. The molecular formula is C21H26N2O. The molecule has 0 radical (unpaired) electrons. The number of hydrogen-bond acceptors (Lipinski definition) is 2. The molecule has 1 aromatic heterocycles. The number of aliphatic hydroxyl groups is 1. The first-order chi connectivity index (χ1) is 11.7. The lowest BCUT2D eigenvalue weighted by molar-refractivity contribution is 0.120. The van der Waals surface area contributed by atoms with Gasteiger partial charge >= 0.3 is 0 Å². The van der Waals surface area contributed by atoms with Crippen molar-refractivity contribution in [3.05, 3.63) is 60.2 Å². The molecule has 0 amide bonds. The van der Waals surface area contributed by atoms with Crippen molar-refractivity contribution < 1.29 is 5.11 Å². The molecule has 0 aliphatic carbocycles. The number of aryl methyl sites for hydroxylation is 1. The van der Waals surface area contributed by atoms with Crippen molar-refractivity contribution in [1.29, 1.82) is 0 Å². The minimum Gasteiger partial charge on any atom is -0.387 e. The van der Waals surface area contributed by atoms with Gasteiger partial charge in [0.05, 0.1) is 6.10 Å². The second-order valence-corrected chi connectivity index (χ2v) is 6.24. The van der Waals surface area contributed by atoms with Crippen LogP contribution in [-0.4, -0.2) is 34.2 Å². The van der Waals surface area contributed by atoms with Gasteiger partial charge in [-0.25, -0.2) is 0 Å². The highest BCUT2D eigenvalue weighted by atomic mass is 16.3. The lowest BCUT2D eigenvalue weighted by atomic mass is 10.0. The highest BCUT2D eigenvalue weighted by molar-refractivity contribution is 5.90. The first-order valence-corrected chi connectivity index (χ1v) is 8.69. The Balaban J connectivity index is 2.04. The average molecular weight is 322 g/mol.